The van der Waals surface area contributed by atoms with Crippen LogP contribution in [0.4, 0.5) is 4.39 Å². The maximum atomic E-state index is 13.4. The summed E-state index contributed by atoms with van der Waals surface area (Å²) in [6, 6.07) is 2.74. The van der Waals surface area contributed by atoms with Crippen molar-refractivity contribution in [3.8, 4) is 5.75 Å². The smallest absolute Gasteiger partial charge is 0.136 e. The number of nitrogens with zero attached hydrogens (tertiary/aromatic N) is 1. The Morgan fingerprint density at radius 3 is 2.73 bits per heavy atom. The van der Waals surface area contributed by atoms with Gasteiger partial charge in [-0.15, -0.1) is 0 Å². The summed E-state index contributed by atoms with van der Waals surface area (Å²) in [4.78, 5) is 0. The monoisotopic (exact) mass is 275 g/mol. The summed E-state index contributed by atoms with van der Waals surface area (Å²) in [6.07, 6.45) is 0.997. The van der Waals surface area contributed by atoms with Crippen LogP contribution < -0.4 is 4.74 Å². The van der Waals surface area contributed by atoms with Crippen LogP contribution in [0.3, 0.4) is 0 Å². The zero-order valence-electron chi connectivity index (χ0n) is 8.37. The molecule has 0 aromatic heterocycles. The second-order valence-electron chi connectivity index (χ2n) is 3.22. The molecule has 5 heteroatoms. The van der Waals surface area contributed by atoms with Gasteiger partial charge in [-0.25, -0.2) is 4.39 Å². The van der Waals surface area contributed by atoms with Crippen LogP contribution in [0.2, 0.25) is 0 Å². The zero-order chi connectivity index (χ0) is 11.4. The second-order valence-corrected chi connectivity index (χ2v) is 4.07. The number of hydrogen-bond acceptors (Lipinski definition) is 3. The summed E-state index contributed by atoms with van der Waals surface area (Å²) < 4.78 is 19.3. The first kappa shape index (κ1) is 12.0. The normalized spacial score (nSPS) is 11.3. The molecule has 0 aliphatic rings. The van der Waals surface area contributed by atoms with Gasteiger partial charge < -0.3 is 9.94 Å². The Bertz CT molecular complexity index is 380. The van der Waals surface area contributed by atoms with E-state index in [0.717, 1.165) is 6.21 Å². The van der Waals surface area contributed by atoms with E-state index < -0.39 is 5.82 Å². The van der Waals surface area contributed by atoms with Crippen LogP contribution in [0.5, 0.6) is 5.75 Å². The Labute approximate surface area is 95.7 Å². The summed E-state index contributed by atoms with van der Waals surface area (Å²) in [5, 5.41) is 11.1. The predicted octanol–water partition coefficient (Wildman–Crippen LogP) is 3.18. The van der Waals surface area contributed by atoms with Crippen molar-refractivity contribution in [1.82, 2.24) is 0 Å². The minimum absolute atomic E-state index is 0.0296. The number of halogens is 2. The van der Waals surface area contributed by atoms with Crippen LogP contribution >= 0.6 is 15.9 Å². The maximum Gasteiger partial charge on any atom is 0.136 e. The molecule has 0 amide bonds. The standard InChI is InChI=1S/C10H11BrFNO2/c1-6(2)15-10-4-9(12)7(5-13-14)3-8(10)11/h3-6,14H,1-2H3/b13-5+. The van der Waals surface area contributed by atoms with Crippen LogP contribution in [0.15, 0.2) is 21.8 Å². The molecule has 0 aliphatic heterocycles. The summed E-state index contributed by atoms with van der Waals surface area (Å²) in [7, 11) is 0. The van der Waals surface area contributed by atoms with Gasteiger partial charge in [-0.3, -0.25) is 0 Å². The molecule has 0 saturated carbocycles. The lowest BCUT2D eigenvalue weighted by Crippen LogP contribution is -2.06. The third-order valence-electron chi connectivity index (χ3n) is 1.61. The van der Waals surface area contributed by atoms with E-state index in [1.165, 1.54) is 12.1 Å². The molecular weight excluding hydrogens is 265 g/mol. The van der Waals surface area contributed by atoms with Gasteiger partial charge in [0.05, 0.1) is 16.8 Å². The van der Waals surface area contributed by atoms with Crippen molar-refractivity contribution in [2.75, 3.05) is 0 Å². The van der Waals surface area contributed by atoms with E-state index in [4.69, 9.17) is 9.94 Å². The summed E-state index contributed by atoms with van der Waals surface area (Å²) in [5.74, 6) is -0.0655. The Morgan fingerprint density at radius 2 is 2.20 bits per heavy atom. The van der Waals surface area contributed by atoms with E-state index >= 15 is 0 Å². The first-order chi connectivity index (χ1) is 7.04. The highest BCUT2D eigenvalue weighted by atomic mass is 79.9. The van der Waals surface area contributed by atoms with Crippen LogP contribution in [-0.4, -0.2) is 17.5 Å². The SMILES string of the molecule is CC(C)Oc1cc(F)c(/C=N/O)cc1Br. The molecule has 3 nitrogen and oxygen atoms in total. The second kappa shape index (κ2) is 5.11. The molecule has 0 saturated heterocycles. The molecule has 1 rings (SSSR count). The topological polar surface area (TPSA) is 41.8 Å². The molecule has 0 radical (unpaired) electrons. The van der Waals surface area contributed by atoms with Gasteiger partial charge in [-0.1, -0.05) is 5.16 Å². The van der Waals surface area contributed by atoms with Crippen molar-refractivity contribution in [2.24, 2.45) is 5.16 Å². The number of rotatable bonds is 3. The minimum atomic E-state index is -0.494. The first-order valence-electron chi connectivity index (χ1n) is 4.37. The fraction of sp³-hybridized carbons (Fsp3) is 0.300. The molecule has 0 spiro atoms. The number of hydrogen-bond donors (Lipinski definition) is 1. The number of ether oxygens (including phenoxy) is 1. The Balaban J connectivity index is 3.07. The van der Waals surface area contributed by atoms with Gasteiger partial charge >= 0.3 is 0 Å². The lowest BCUT2D eigenvalue weighted by molar-refractivity contribution is 0.240. The van der Waals surface area contributed by atoms with Gasteiger partial charge in [0.25, 0.3) is 0 Å². The summed E-state index contributed by atoms with van der Waals surface area (Å²) in [5.41, 5.74) is 0.195. The molecule has 1 aromatic rings. The predicted molar refractivity (Wildman–Crippen MR) is 59.2 cm³/mol. The Morgan fingerprint density at radius 1 is 1.53 bits per heavy atom. The highest BCUT2D eigenvalue weighted by molar-refractivity contribution is 9.10. The Kier molecular flexibility index (Phi) is 4.08. The van der Waals surface area contributed by atoms with Crippen molar-refractivity contribution in [1.29, 1.82) is 0 Å². The maximum absolute atomic E-state index is 13.4. The molecular formula is C10H11BrFNO2. The van der Waals surface area contributed by atoms with Crippen molar-refractivity contribution < 1.29 is 14.3 Å². The van der Waals surface area contributed by atoms with Crippen molar-refractivity contribution in [2.45, 2.75) is 20.0 Å². The Hall–Kier alpha value is -1.10. The molecule has 0 fully saturated rings. The lowest BCUT2D eigenvalue weighted by atomic mass is 10.2. The number of oxime groups is 1. The van der Waals surface area contributed by atoms with Crippen molar-refractivity contribution in [3.63, 3.8) is 0 Å². The van der Waals surface area contributed by atoms with E-state index in [1.54, 1.807) is 0 Å². The van der Waals surface area contributed by atoms with Gasteiger partial charge in [-0.2, -0.15) is 0 Å². The van der Waals surface area contributed by atoms with Gasteiger partial charge in [0, 0.05) is 11.6 Å². The molecule has 82 valence electrons. The van der Waals surface area contributed by atoms with Crippen molar-refractivity contribution >= 4 is 22.1 Å². The van der Waals surface area contributed by atoms with E-state index in [0.29, 0.717) is 10.2 Å². The average molecular weight is 276 g/mol. The molecule has 0 bridgehead atoms. The van der Waals surface area contributed by atoms with E-state index in [1.807, 2.05) is 13.8 Å². The minimum Gasteiger partial charge on any atom is -0.490 e. The average Bonchev–Trinajstić information content (AvgIpc) is 2.13. The van der Waals surface area contributed by atoms with E-state index in [-0.39, 0.29) is 11.7 Å². The fourth-order valence-corrected chi connectivity index (χ4v) is 1.50. The largest absolute Gasteiger partial charge is 0.490 e. The van der Waals surface area contributed by atoms with Gasteiger partial charge in [0.1, 0.15) is 11.6 Å². The third kappa shape index (κ3) is 3.20. The van der Waals surface area contributed by atoms with Gasteiger partial charge in [0.2, 0.25) is 0 Å². The molecule has 0 aliphatic carbocycles. The van der Waals surface area contributed by atoms with E-state index in [2.05, 4.69) is 21.1 Å². The first-order valence-corrected chi connectivity index (χ1v) is 5.17. The summed E-state index contributed by atoms with van der Waals surface area (Å²) >= 11 is 3.24. The van der Waals surface area contributed by atoms with Crippen LogP contribution in [-0.2, 0) is 0 Å². The summed E-state index contributed by atoms with van der Waals surface area (Å²) in [6.45, 7) is 3.71. The molecule has 0 heterocycles. The third-order valence-corrected chi connectivity index (χ3v) is 2.23. The van der Waals surface area contributed by atoms with Crippen LogP contribution in [0.1, 0.15) is 19.4 Å². The zero-order valence-corrected chi connectivity index (χ0v) is 9.95. The molecule has 1 N–H and O–H groups in total. The van der Waals surface area contributed by atoms with Gasteiger partial charge in [-0.05, 0) is 35.8 Å². The number of benzene rings is 1. The van der Waals surface area contributed by atoms with Crippen LogP contribution in [0.25, 0.3) is 0 Å². The van der Waals surface area contributed by atoms with Crippen molar-refractivity contribution in [3.05, 3.63) is 28.0 Å². The van der Waals surface area contributed by atoms with Gasteiger partial charge in [0.15, 0.2) is 0 Å². The highest BCUT2D eigenvalue weighted by Gasteiger charge is 2.09. The molecule has 0 atom stereocenters. The van der Waals surface area contributed by atoms with E-state index in [9.17, 15) is 4.39 Å². The molecule has 15 heavy (non-hydrogen) atoms. The highest BCUT2D eigenvalue weighted by Crippen LogP contribution is 2.28. The molecule has 1 aromatic carbocycles. The van der Waals surface area contributed by atoms with Crippen LogP contribution in [0, 0.1) is 5.82 Å². The quantitative estimate of drug-likeness (QED) is 0.523. The lowest BCUT2D eigenvalue weighted by Gasteiger charge is -2.12. The fourth-order valence-electron chi connectivity index (χ4n) is 1.05. The molecule has 0 unspecified atom stereocenters.